The molecule has 0 atom stereocenters. The van der Waals surface area contributed by atoms with Gasteiger partial charge in [0.1, 0.15) is 12.4 Å². The van der Waals surface area contributed by atoms with Crippen molar-refractivity contribution in [3.05, 3.63) is 24.3 Å². The number of hydrogen-bond donors (Lipinski definition) is 1. The number of sulfone groups is 1. The van der Waals surface area contributed by atoms with E-state index < -0.39 is 9.84 Å². The molecule has 0 heterocycles. The predicted octanol–water partition coefficient (Wildman–Crippen LogP) is 1.88. The fourth-order valence-electron chi connectivity index (χ4n) is 1.65. The second-order valence-corrected chi connectivity index (χ2v) is 6.83. The van der Waals surface area contributed by atoms with Gasteiger partial charge in [-0.05, 0) is 24.6 Å². The lowest BCUT2D eigenvalue weighted by atomic mass is 10.3. The van der Waals surface area contributed by atoms with E-state index in [4.69, 9.17) is 9.47 Å². The first-order valence-electron chi connectivity index (χ1n) is 7.25. The van der Waals surface area contributed by atoms with Crippen LogP contribution in [0, 0.1) is 0 Å². The number of nitrogens with one attached hydrogen (secondary N) is 1. The SMILES string of the molecule is CCCCOCCNCCOc1cccc(S(C)(=O)=O)c1. The van der Waals surface area contributed by atoms with Crippen LogP contribution in [0.5, 0.6) is 5.75 Å². The minimum absolute atomic E-state index is 0.275. The molecule has 0 saturated carbocycles. The van der Waals surface area contributed by atoms with Crippen molar-refractivity contribution in [1.82, 2.24) is 5.32 Å². The summed E-state index contributed by atoms with van der Waals surface area (Å²) in [5.74, 6) is 0.568. The monoisotopic (exact) mass is 315 g/mol. The summed E-state index contributed by atoms with van der Waals surface area (Å²) in [7, 11) is -3.19. The van der Waals surface area contributed by atoms with Gasteiger partial charge in [-0.25, -0.2) is 8.42 Å². The molecule has 0 bridgehead atoms. The Labute approximate surface area is 127 Å². The molecule has 0 aliphatic rings. The van der Waals surface area contributed by atoms with Crippen molar-refractivity contribution in [3.8, 4) is 5.75 Å². The molecule has 1 aromatic rings. The molecule has 1 N–H and O–H groups in total. The van der Waals surface area contributed by atoms with Crippen molar-refractivity contribution in [2.24, 2.45) is 0 Å². The number of ether oxygens (including phenoxy) is 2. The number of benzene rings is 1. The van der Waals surface area contributed by atoms with E-state index in [1.54, 1.807) is 24.3 Å². The summed E-state index contributed by atoms with van der Waals surface area (Å²) >= 11 is 0. The number of rotatable bonds is 11. The quantitative estimate of drug-likeness (QED) is 0.632. The summed E-state index contributed by atoms with van der Waals surface area (Å²) in [6.45, 7) is 5.62. The molecule has 1 aromatic carbocycles. The van der Waals surface area contributed by atoms with E-state index in [1.807, 2.05) is 0 Å². The molecule has 120 valence electrons. The lowest BCUT2D eigenvalue weighted by molar-refractivity contribution is 0.132. The molecule has 0 saturated heterocycles. The first-order chi connectivity index (χ1) is 10.0. The van der Waals surface area contributed by atoms with E-state index in [-0.39, 0.29) is 4.90 Å². The highest BCUT2D eigenvalue weighted by molar-refractivity contribution is 7.90. The third-order valence-corrected chi connectivity index (χ3v) is 3.96. The molecule has 0 unspecified atom stereocenters. The van der Waals surface area contributed by atoms with Gasteiger partial charge in [0.15, 0.2) is 9.84 Å². The lowest BCUT2D eigenvalue weighted by Crippen LogP contribution is -2.25. The molecule has 6 heteroatoms. The van der Waals surface area contributed by atoms with Gasteiger partial charge in [0.2, 0.25) is 0 Å². The fourth-order valence-corrected chi connectivity index (χ4v) is 2.31. The summed E-state index contributed by atoms with van der Waals surface area (Å²) in [6, 6.07) is 6.54. The highest BCUT2D eigenvalue weighted by atomic mass is 32.2. The van der Waals surface area contributed by atoms with Gasteiger partial charge in [-0.1, -0.05) is 19.4 Å². The van der Waals surface area contributed by atoms with Gasteiger partial charge >= 0.3 is 0 Å². The van der Waals surface area contributed by atoms with Crippen LogP contribution in [-0.4, -0.2) is 47.6 Å². The molecule has 0 fully saturated rings. The smallest absolute Gasteiger partial charge is 0.175 e. The maximum absolute atomic E-state index is 11.4. The van der Waals surface area contributed by atoms with Crippen molar-refractivity contribution < 1.29 is 17.9 Å². The summed E-state index contributed by atoms with van der Waals surface area (Å²) in [5, 5.41) is 3.21. The van der Waals surface area contributed by atoms with Crippen molar-refractivity contribution in [2.45, 2.75) is 24.7 Å². The zero-order valence-electron chi connectivity index (χ0n) is 12.8. The van der Waals surface area contributed by atoms with Gasteiger partial charge in [-0.3, -0.25) is 0 Å². The molecule has 0 radical (unpaired) electrons. The Morgan fingerprint density at radius 1 is 1.14 bits per heavy atom. The van der Waals surface area contributed by atoms with Gasteiger partial charge < -0.3 is 14.8 Å². The first kappa shape index (κ1) is 17.9. The van der Waals surface area contributed by atoms with Gasteiger partial charge in [0.25, 0.3) is 0 Å². The predicted molar refractivity (Wildman–Crippen MR) is 83.6 cm³/mol. The minimum atomic E-state index is -3.19. The molecule has 0 aliphatic heterocycles. The zero-order chi connectivity index (χ0) is 15.6. The van der Waals surface area contributed by atoms with Crippen molar-refractivity contribution >= 4 is 9.84 Å². The maximum Gasteiger partial charge on any atom is 0.175 e. The zero-order valence-corrected chi connectivity index (χ0v) is 13.6. The number of unbranched alkanes of at least 4 members (excludes halogenated alkanes) is 1. The topological polar surface area (TPSA) is 64.6 Å². The highest BCUT2D eigenvalue weighted by Crippen LogP contribution is 2.16. The lowest BCUT2D eigenvalue weighted by Gasteiger charge is -2.09. The van der Waals surface area contributed by atoms with Crippen LogP contribution in [0.25, 0.3) is 0 Å². The maximum atomic E-state index is 11.4. The molecule has 5 nitrogen and oxygen atoms in total. The van der Waals surface area contributed by atoms with E-state index in [2.05, 4.69) is 12.2 Å². The third-order valence-electron chi connectivity index (χ3n) is 2.85. The average Bonchev–Trinajstić information content (AvgIpc) is 2.45. The Morgan fingerprint density at radius 2 is 1.90 bits per heavy atom. The first-order valence-corrected chi connectivity index (χ1v) is 9.14. The Bertz CT molecular complexity index is 502. The highest BCUT2D eigenvalue weighted by Gasteiger charge is 2.07. The summed E-state index contributed by atoms with van der Waals surface area (Å²) in [6.07, 6.45) is 3.43. The Kier molecular flexibility index (Phi) is 8.34. The molecule has 0 aromatic heterocycles. The molecule has 21 heavy (non-hydrogen) atoms. The van der Waals surface area contributed by atoms with E-state index in [0.29, 0.717) is 25.5 Å². The van der Waals surface area contributed by atoms with Crippen LogP contribution in [0.4, 0.5) is 0 Å². The largest absolute Gasteiger partial charge is 0.492 e. The van der Waals surface area contributed by atoms with Crippen molar-refractivity contribution in [3.63, 3.8) is 0 Å². The summed E-state index contributed by atoms with van der Waals surface area (Å²) in [5.41, 5.74) is 0. The van der Waals surface area contributed by atoms with Gasteiger partial charge in [0.05, 0.1) is 11.5 Å². The molecule has 0 amide bonds. The molecule has 1 rings (SSSR count). The van der Waals surface area contributed by atoms with E-state index >= 15 is 0 Å². The molecule has 0 spiro atoms. The van der Waals surface area contributed by atoms with Gasteiger partial charge in [0, 0.05) is 26.0 Å². The average molecular weight is 315 g/mol. The van der Waals surface area contributed by atoms with E-state index in [0.717, 1.165) is 26.0 Å². The van der Waals surface area contributed by atoms with E-state index in [1.165, 1.54) is 6.26 Å². The molecular weight excluding hydrogens is 290 g/mol. The van der Waals surface area contributed by atoms with E-state index in [9.17, 15) is 8.42 Å². The Morgan fingerprint density at radius 3 is 2.62 bits per heavy atom. The Hall–Kier alpha value is -1.11. The van der Waals surface area contributed by atoms with Crippen LogP contribution < -0.4 is 10.1 Å². The van der Waals surface area contributed by atoms with Crippen LogP contribution >= 0.6 is 0 Å². The van der Waals surface area contributed by atoms with Crippen LogP contribution in [0.15, 0.2) is 29.2 Å². The van der Waals surface area contributed by atoms with Gasteiger partial charge in [-0.15, -0.1) is 0 Å². The minimum Gasteiger partial charge on any atom is -0.492 e. The second kappa shape index (κ2) is 9.76. The van der Waals surface area contributed by atoms with Crippen LogP contribution in [0.1, 0.15) is 19.8 Å². The molecular formula is C15H25NO4S. The van der Waals surface area contributed by atoms with Crippen LogP contribution in [-0.2, 0) is 14.6 Å². The van der Waals surface area contributed by atoms with Crippen molar-refractivity contribution in [1.29, 1.82) is 0 Å². The summed E-state index contributed by atoms with van der Waals surface area (Å²) < 4.78 is 33.8. The van der Waals surface area contributed by atoms with Gasteiger partial charge in [-0.2, -0.15) is 0 Å². The Balaban J connectivity index is 2.16. The fraction of sp³-hybridized carbons (Fsp3) is 0.600. The standard InChI is InChI=1S/C15H25NO4S/c1-3-4-10-19-11-8-16-9-12-20-14-6-5-7-15(13-14)21(2,17)18/h5-7,13,16H,3-4,8-12H2,1-2H3. The summed E-state index contributed by atoms with van der Waals surface area (Å²) in [4.78, 5) is 0.275. The number of hydrogen-bond acceptors (Lipinski definition) is 5. The molecule has 0 aliphatic carbocycles. The normalized spacial score (nSPS) is 11.5. The third kappa shape index (κ3) is 8.04. The van der Waals surface area contributed by atoms with Crippen molar-refractivity contribution in [2.75, 3.05) is 39.2 Å². The second-order valence-electron chi connectivity index (χ2n) is 4.81. The van der Waals surface area contributed by atoms with Crippen LogP contribution in [0.3, 0.4) is 0 Å². The van der Waals surface area contributed by atoms with Crippen LogP contribution in [0.2, 0.25) is 0 Å².